The molecule has 0 amide bonds. The van der Waals surface area contributed by atoms with Crippen LogP contribution in [0.25, 0.3) is 11.3 Å². The number of hydrogen-bond acceptors (Lipinski definition) is 8. The normalized spacial score (nSPS) is 14.1. The highest BCUT2D eigenvalue weighted by Gasteiger charge is 2.22. The zero-order valence-electron chi connectivity index (χ0n) is 15.6. The van der Waals surface area contributed by atoms with Gasteiger partial charge in [-0.05, 0) is 30.3 Å². The largest absolute Gasteiger partial charge is 0.507 e. The van der Waals surface area contributed by atoms with Crippen LogP contribution in [0.5, 0.6) is 5.75 Å². The molecule has 1 fully saturated rings. The van der Waals surface area contributed by atoms with Crippen LogP contribution in [-0.2, 0) is 0 Å². The van der Waals surface area contributed by atoms with E-state index < -0.39 is 5.97 Å². The molecule has 0 radical (unpaired) electrons. The number of anilines is 3. The number of nitrogen functional groups attached to an aromatic ring is 1. The monoisotopic (exact) mass is 392 g/mol. The van der Waals surface area contributed by atoms with Gasteiger partial charge in [-0.25, -0.2) is 9.78 Å². The Hall–Kier alpha value is -3.88. The van der Waals surface area contributed by atoms with Crippen molar-refractivity contribution in [2.45, 2.75) is 0 Å². The molecule has 3 aromatic rings. The van der Waals surface area contributed by atoms with E-state index in [0.717, 1.165) is 5.69 Å². The van der Waals surface area contributed by atoms with E-state index in [1.807, 2.05) is 17.0 Å². The zero-order valence-corrected chi connectivity index (χ0v) is 15.6. The Balaban J connectivity index is 1.53. The maximum absolute atomic E-state index is 11.1. The van der Waals surface area contributed by atoms with Crippen LogP contribution in [0.4, 0.5) is 17.3 Å². The van der Waals surface area contributed by atoms with Crippen LogP contribution >= 0.6 is 0 Å². The van der Waals surface area contributed by atoms with E-state index >= 15 is 0 Å². The van der Waals surface area contributed by atoms with Crippen LogP contribution in [0.3, 0.4) is 0 Å². The lowest BCUT2D eigenvalue weighted by Crippen LogP contribution is -2.47. The molecule has 1 aliphatic heterocycles. The average Bonchev–Trinajstić information content (AvgIpc) is 2.75. The van der Waals surface area contributed by atoms with E-state index in [9.17, 15) is 9.90 Å². The summed E-state index contributed by atoms with van der Waals surface area (Å²) < 4.78 is 0. The lowest BCUT2D eigenvalue weighted by Gasteiger charge is -2.37. The first kappa shape index (κ1) is 18.5. The summed E-state index contributed by atoms with van der Waals surface area (Å²) in [5.41, 5.74) is 7.99. The predicted octanol–water partition coefficient (Wildman–Crippen LogP) is 1.85. The van der Waals surface area contributed by atoms with Gasteiger partial charge in [0.25, 0.3) is 0 Å². The molecule has 29 heavy (non-hydrogen) atoms. The Labute approximate surface area is 167 Å². The lowest BCUT2D eigenvalue weighted by molar-refractivity contribution is 0.0690. The number of rotatable bonds is 4. The van der Waals surface area contributed by atoms with Crippen LogP contribution in [0, 0.1) is 0 Å². The first-order valence-corrected chi connectivity index (χ1v) is 9.15. The smallest absolute Gasteiger partial charge is 0.354 e. The first-order valence-electron chi connectivity index (χ1n) is 9.15. The number of benzene rings is 1. The fraction of sp³-hybridized carbons (Fsp3) is 0.200. The number of carboxylic acids is 1. The van der Waals surface area contributed by atoms with Gasteiger partial charge in [0.1, 0.15) is 11.6 Å². The summed E-state index contributed by atoms with van der Waals surface area (Å²) in [4.78, 5) is 19.5. The van der Waals surface area contributed by atoms with Gasteiger partial charge in [0.15, 0.2) is 11.5 Å². The second kappa shape index (κ2) is 7.63. The van der Waals surface area contributed by atoms with Crippen molar-refractivity contribution in [3.05, 3.63) is 54.2 Å². The van der Waals surface area contributed by atoms with Gasteiger partial charge in [-0.2, -0.15) is 0 Å². The fourth-order valence-electron chi connectivity index (χ4n) is 3.36. The summed E-state index contributed by atoms with van der Waals surface area (Å²) in [7, 11) is 0. The number of nitrogens with two attached hydrogens (primary N) is 1. The number of nitrogens with zero attached hydrogens (tertiary/aromatic N) is 5. The molecular formula is C20H20N6O3. The van der Waals surface area contributed by atoms with Crippen molar-refractivity contribution in [1.29, 1.82) is 0 Å². The van der Waals surface area contributed by atoms with Crippen LogP contribution in [0.2, 0.25) is 0 Å². The number of carbonyl (C=O) groups is 1. The Morgan fingerprint density at radius 3 is 2.41 bits per heavy atom. The lowest BCUT2D eigenvalue weighted by atomic mass is 10.1. The van der Waals surface area contributed by atoms with Gasteiger partial charge in [-0.3, -0.25) is 0 Å². The molecule has 1 aliphatic rings. The molecule has 4 N–H and O–H groups in total. The summed E-state index contributed by atoms with van der Waals surface area (Å²) in [6.45, 7) is 2.64. The maximum atomic E-state index is 11.1. The standard InChI is InChI=1S/C20H20N6O3/c21-19-16(12-15(23-24-19)13-4-1-2-6-17(13)27)25-8-10-26(11-9-25)18-7-3-5-14(22-18)20(28)29/h1-7,12,27H,8-11H2,(H2,21,24)(H,28,29). The first-order chi connectivity index (χ1) is 14.0. The van der Waals surface area contributed by atoms with E-state index in [1.54, 1.807) is 30.3 Å². The van der Waals surface area contributed by atoms with Gasteiger partial charge in [0.2, 0.25) is 0 Å². The van der Waals surface area contributed by atoms with Crippen LogP contribution in [-0.4, -0.2) is 57.5 Å². The highest BCUT2D eigenvalue weighted by atomic mass is 16.4. The number of phenols is 1. The summed E-state index contributed by atoms with van der Waals surface area (Å²) in [5.74, 6) is 0.0495. The number of piperazine rings is 1. The predicted molar refractivity (Wildman–Crippen MR) is 109 cm³/mol. The SMILES string of the molecule is Nc1nnc(-c2ccccc2O)cc1N1CCN(c2cccc(C(=O)O)n2)CC1. The Morgan fingerprint density at radius 1 is 0.966 bits per heavy atom. The molecule has 9 heteroatoms. The van der Waals surface area contributed by atoms with Crippen LogP contribution < -0.4 is 15.5 Å². The minimum absolute atomic E-state index is 0.0276. The molecular weight excluding hydrogens is 372 g/mol. The number of para-hydroxylation sites is 1. The second-order valence-corrected chi connectivity index (χ2v) is 6.68. The van der Waals surface area contributed by atoms with Crippen molar-refractivity contribution in [3.8, 4) is 17.0 Å². The van der Waals surface area contributed by atoms with E-state index in [0.29, 0.717) is 49.1 Å². The number of aromatic nitrogens is 3. The molecule has 0 unspecified atom stereocenters. The number of aromatic carboxylic acids is 1. The molecule has 4 rings (SSSR count). The maximum Gasteiger partial charge on any atom is 0.354 e. The average molecular weight is 392 g/mol. The van der Waals surface area contributed by atoms with Crippen molar-refractivity contribution in [2.75, 3.05) is 41.7 Å². The Bertz CT molecular complexity index is 1050. The third-order valence-electron chi connectivity index (χ3n) is 4.88. The number of phenolic OH excluding ortho intramolecular Hbond substituents is 1. The number of pyridine rings is 1. The molecule has 148 valence electrons. The van der Waals surface area contributed by atoms with Crippen LogP contribution in [0.1, 0.15) is 10.5 Å². The van der Waals surface area contributed by atoms with Crippen LogP contribution in [0.15, 0.2) is 48.5 Å². The molecule has 0 bridgehead atoms. The third-order valence-corrected chi connectivity index (χ3v) is 4.88. The summed E-state index contributed by atoms with van der Waals surface area (Å²) in [5, 5.41) is 27.4. The van der Waals surface area contributed by atoms with Gasteiger partial charge in [-0.15, -0.1) is 10.2 Å². The zero-order chi connectivity index (χ0) is 20.4. The summed E-state index contributed by atoms with van der Waals surface area (Å²) in [6.07, 6.45) is 0. The van der Waals surface area contributed by atoms with E-state index in [1.165, 1.54) is 6.07 Å². The van der Waals surface area contributed by atoms with Gasteiger partial charge in [-0.1, -0.05) is 18.2 Å². The molecule has 0 saturated carbocycles. The summed E-state index contributed by atoms with van der Waals surface area (Å²) >= 11 is 0. The number of hydrogen-bond donors (Lipinski definition) is 3. The van der Waals surface area contributed by atoms with Crippen molar-refractivity contribution < 1.29 is 15.0 Å². The molecule has 9 nitrogen and oxygen atoms in total. The minimum Gasteiger partial charge on any atom is -0.507 e. The van der Waals surface area contributed by atoms with E-state index in [2.05, 4.69) is 20.1 Å². The fourth-order valence-corrected chi connectivity index (χ4v) is 3.36. The molecule has 3 heterocycles. The van der Waals surface area contributed by atoms with E-state index in [-0.39, 0.29) is 11.4 Å². The van der Waals surface area contributed by atoms with Crippen molar-refractivity contribution >= 4 is 23.3 Å². The van der Waals surface area contributed by atoms with Gasteiger partial charge in [0, 0.05) is 31.7 Å². The molecule has 2 aromatic heterocycles. The van der Waals surface area contributed by atoms with Gasteiger partial charge in [0.05, 0.1) is 11.4 Å². The number of carboxylic acid groups (broad SMARTS) is 1. The van der Waals surface area contributed by atoms with Crippen molar-refractivity contribution in [2.24, 2.45) is 0 Å². The molecule has 1 aromatic carbocycles. The third kappa shape index (κ3) is 3.75. The summed E-state index contributed by atoms with van der Waals surface area (Å²) in [6, 6.07) is 13.8. The number of aromatic hydroxyl groups is 1. The minimum atomic E-state index is -1.04. The molecule has 1 saturated heterocycles. The second-order valence-electron chi connectivity index (χ2n) is 6.68. The molecule has 0 spiro atoms. The quantitative estimate of drug-likeness (QED) is 0.609. The van der Waals surface area contributed by atoms with Gasteiger partial charge >= 0.3 is 5.97 Å². The Morgan fingerprint density at radius 2 is 1.69 bits per heavy atom. The highest BCUT2D eigenvalue weighted by Crippen LogP contribution is 2.31. The highest BCUT2D eigenvalue weighted by molar-refractivity contribution is 5.85. The van der Waals surface area contributed by atoms with E-state index in [4.69, 9.17) is 10.8 Å². The Kier molecular flexibility index (Phi) is 4.86. The topological polar surface area (TPSA) is 129 Å². The van der Waals surface area contributed by atoms with Gasteiger partial charge < -0.3 is 25.7 Å². The molecule has 0 aliphatic carbocycles. The van der Waals surface area contributed by atoms with Crippen molar-refractivity contribution in [3.63, 3.8) is 0 Å². The van der Waals surface area contributed by atoms with Crippen molar-refractivity contribution in [1.82, 2.24) is 15.2 Å². The molecule has 0 atom stereocenters.